The molecule has 8 rings (SSSR count). The van der Waals surface area contributed by atoms with E-state index in [1.165, 1.54) is 11.1 Å². The number of carbonyl (C=O) groups excluding carboxylic acids is 1. The average Bonchev–Trinajstić information content (AvgIpc) is 3.39. The maximum absolute atomic E-state index is 13.5. The number of piperidine rings is 1. The van der Waals surface area contributed by atoms with Gasteiger partial charge in [-0.1, -0.05) is 66.7 Å². The van der Waals surface area contributed by atoms with E-state index in [1.807, 2.05) is 25.2 Å². The summed E-state index contributed by atoms with van der Waals surface area (Å²) < 4.78 is 31.5. The van der Waals surface area contributed by atoms with Crippen LogP contribution in [0.3, 0.4) is 0 Å². The minimum absolute atomic E-state index is 0.0427. The summed E-state index contributed by atoms with van der Waals surface area (Å²) in [5, 5.41) is 12.2. The number of likely N-dealkylation sites (tertiary alicyclic amines) is 1. The molecule has 2 bridgehead atoms. The van der Waals surface area contributed by atoms with Crippen LogP contribution in [0.4, 0.5) is 0 Å². The molecular formula is C35H38NO7P. The average molecular weight is 616 g/mol. The second-order valence-corrected chi connectivity index (χ2v) is 14.7. The van der Waals surface area contributed by atoms with E-state index in [1.54, 1.807) is 6.07 Å². The van der Waals surface area contributed by atoms with E-state index in [4.69, 9.17) is 13.8 Å². The van der Waals surface area contributed by atoms with Gasteiger partial charge in [0.05, 0.1) is 17.1 Å². The van der Waals surface area contributed by atoms with E-state index in [9.17, 15) is 19.4 Å². The van der Waals surface area contributed by atoms with Gasteiger partial charge in [0.1, 0.15) is 0 Å². The Morgan fingerprint density at radius 3 is 2.25 bits per heavy atom. The second kappa shape index (κ2) is 10.0. The summed E-state index contributed by atoms with van der Waals surface area (Å²) in [7, 11) is -2.54. The van der Waals surface area contributed by atoms with Gasteiger partial charge in [0.2, 0.25) is 0 Å². The fourth-order valence-electron chi connectivity index (χ4n) is 9.38. The topological polar surface area (TPSA) is 106 Å². The van der Waals surface area contributed by atoms with Crippen molar-refractivity contribution in [2.24, 2.45) is 0 Å². The van der Waals surface area contributed by atoms with Gasteiger partial charge >= 0.3 is 7.82 Å². The number of Topliss-reactive ketones (excluding diaryl/α,β-unsaturated/α-hetero) is 1. The molecule has 2 N–H and O–H groups in total. The zero-order valence-electron chi connectivity index (χ0n) is 24.9. The monoisotopic (exact) mass is 615 g/mol. The van der Waals surface area contributed by atoms with Crippen LogP contribution in [0, 0.1) is 0 Å². The van der Waals surface area contributed by atoms with E-state index in [-0.39, 0.29) is 29.4 Å². The SMILES string of the molecule is CN1CCC23c4c5ccc(OP(=O)(O)OC6CCC(c7ccccc7)(c7ccccc7)CC6)c4OC2C(=O)CCC3(O)C1C5. The van der Waals surface area contributed by atoms with Crippen molar-refractivity contribution in [3.05, 3.63) is 95.1 Å². The summed E-state index contributed by atoms with van der Waals surface area (Å²) in [6.07, 6.45) is 3.21. The van der Waals surface area contributed by atoms with Crippen LogP contribution in [0.5, 0.6) is 11.5 Å². The molecule has 0 radical (unpaired) electrons. The number of phosphoric ester groups is 1. The number of hydrogen-bond donors (Lipinski definition) is 2. The summed E-state index contributed by atoms with van der Waals surface area (Å²) in [5.41, 5.74) is 2.01. The number of benzene rings is 3. The van der Waals surface area contributed by atoms with Crippen LogP contribution >= 0.6 is 7.82 Å². The van der Waals surface area contributed by atoms with Gasteiger partial charge in [0, 0.05) is 23.4 Å². The molecule has 5 unspecified atom stereocenters. The van der Waals surface area contributed by atoms with Gasteiger partial charge in [0.15, 0.2) is 23.4 Å². The number of aliphatic hydroxyl groups is 1. The highest BCUT2D eigenvalue weighted by Gasteiger charge is 2.73. The van der Waals surface area contributed by atoms with Crippen molar-refractivity contribution in [1.82, 2.24) is 4.90 Å². The van der Waals surface area contributed by atoms with Crippen molar-refractivity contribution < 1.29 is 33.1 Å². The van der Waals surface area contributed by atoms with Crippen LogP contribution in [0.2, 0.25) is 0 Å². The minimum atomic E-state index is -4.56. The number of ketones is 1. The van der Waals surface area contributed by atoms with Gasteiger partial charge in [-0.25, -0.2) is 4.57 Å². The maximum atomic E-state index is 13.5. The normalized spacial score (nSPS) is 31.9. The number of phosphoric acid groups is 1. The van der Waals surface area contributed by atoms with Crippen molar-refractivity contribution in [2.75, 3.05) is 13.6 Å². The summed E-state index contributed by atoms with van der Waals surface area (Å²) in [5.74, 6) is 0.349. The molecule has 9 heteroatoms. The zero-order chi connectivity index (χ0) is 30.3. The number of ether oxygens (including phenoxy) is 1. The lowest BCUT2D eigenvalue weighted by molar-refractivity contribution is -0.185. The van der Waals surface area contributed by atoms with Gasteiger partial charge < -0.3 is 19.3 Å². The summed E-state index contributed by atoms with van der Waals surface area (Å²) in [6, 6.07) is 24.3. The van der Waals surface area contributed by atoms with Crippen molar-refractivity contribution >= 4 is 13.6 Å². The molecule has 2 heterocycles. The Hall–Kier alpha value is -3.00. The third-order valence-electron chi connectivity index (χ3n) is 11.4. The van der Waals surface area contributed by atoms with Crippen molar-refractivity contribution in [3.63, 3.8) is 0 Å². The smallest absolute Gasteiger partial charge is 0.477 e. The van der Waals surface area contributed by atoms with Gasteiger partial charge in [-0.05, 0) is 81.3 Å². The summed E-state index contributed by atoms with van der Waals surface area (Å²) in [4.78, 5) is 26.5. The maximum Gasteiger partial charge on any atom is 0.527 e. The first-order chi connectivity index (χ1) is 21.2. The van der Waals surface area contributed by atoms with Gasteiger partial charge in [-0.15, -0.1) is 0 Å². The first-order valence-corrected chi connectivity index (χ1v) is 17.3. The molecule has 5 aliphatic rings. The Kier molecular flexibility index (Phi) is 6.47. The molecule has 0 aromatic heterocycles. The van der Waals surface area contributed by atoms with E-state index < -0.39 is 31.0 Å². The van der Waals surface area contributed by atoms with Crippen LogP contribution in [0.25, 0.3) is 0 Å². The molecule has 0 amide bonds. The predicted molar refractivity (Wildman–Crippen MR) is 164 cm³/mol. The number of likely N-dealkylation sites (N-methyl/N-ethyl adjacent to an activating group) is 1. The lowest BCUT2D eigenvalue weighted by atomic mass is 9.49. The Labute approximate surface area is 257 Å². The molecule has 3 aromatic carbocycles. The first-order valence-electron chi connectivity index (χ1n) is 15.8. The number of hydrogen-bond acceptors (Lipinski definition) is 7. The van der Waals surface area contributed by atoms with Crippen molar-refractivity contribution in [3.8, 4) is 11.5 Å². The Balaban J connectivity index is 1.06. The van der Waals surface area contributed by atoms with E-state index in [0.29, 0.717) is 37.9 Å². The Bertz CT molecular complexity index is 1610. The lowest BCUT2D eigenvalue weighted by Gasteiger charge is -2.62. The fourth-order valence-corrected chi connectivity index (χ4v) is 10.4. The zero-order valence-corrected chi connectivity index (χ0v) is 25.7. The highest BCUT2D eigenvalue weighted by atomic mass is 31.2. The second-order valence-electron chi connectivity index (χ2n) is 13.4. The standard InChI is InChI=1S/C35H38NO7P/c1-36-21-20-34-30-23-12-13-28(31(30)41-32(34)27(37)16-19-35(34,38)29(36)22-23)43-44(39,40)42-26-14-17-33(18-15-26,24-8-4-2-5-9-24)25-10-6-3-7-11-25/h2-13,26,29,32,38H,14-22H2,1H3,(H,39,40). The third-order valence-corrected chi connectivity index (χ3v) is 12.4. The molecule has 44 heavy (non-hydrogen) atoms. The highest BCUT2D eigenvalue weighted by molar-refractivity contribution is 7.47. The molecule has 5 atom stereocenters. The van der Waals surface area contributed by atoms with Crippen molar-refractivity contribution in [1.29, 1.82) is 0 Å². The molecule has 2 saturated carbocycles. The quantitative estimate of drug-likeness (QED) is 0.352. The lowest BCUT2D eigenvalue weighted by Crippen LogP contribution is -2.76. The Morgan fingerprint density at radius 1 is 0.932 bits per heavy atom. The highest BCUT2D eigenvalue weighted by Crippen LogP contribution is 2.66. The number of nitrogens with zero attached hydrogens (tertiary/aromatic N) is 1. The Morgan fingerprint density at radius 2 is 1.59 bits per heavy atom. The molecule has 8 nitrogen and oxygen atoms in total. The molecular weight excluding hydrogens is 577 g/mol. The first kappa shape index (κ1) is 28.5. The van der Waals surface area contributed by atoms with Gasteiger partial charge in [0.25, 0.3) is 0 Å². The van der Waals surface area contributed by atoms with Gasteiger partial charge in [-0.2, -0.15) is 0 Å². The minimum Gasteiger partial charge on any atom is -0.477 e. The fraction of sp³-hybridized carbons (Fsp3) is 0.457. The van der Waals surface area contributed by atoms with E-state index in [2.05, 4.69) is 53.4 Å². The third kappa shape index (κ3) is 3.98. The van der Waals surface area contributed by atoms with Crippen LogP contribution in [0.15, 0.2) is 72.8 Å². The molecule has 3 aromatic rings. The molecule has 3 fully saturated rings. The largest absolute Gasteiger partial charge is 0.527 e. The van der Waals surface area contributed by atoms with Crippen LogP contribution in [-0.2, 0) is 31.1 Å². The van der Waals surface area contributed by atoms with E-state index in [0.717, 1.165) is 30.5 Å². The summed E-state index contributed by atoms with van der Waals surface area (Å²) in [6.45, 7) is 0.723. The van der Waals surface area contributed by atoms with Crippen molar-refractivity contribution in [2.45, 2.75) is 86.0 Å². The molecule has 1 spiro atoms. The molecule has 3 aliphatic carbocycles. The number of carbonyl (C=O) groups is 1. The predicted octanol–water partition coefficient (Wildman–Crippen LogP) is 5.46. The van der Waals surface area contributed by atoms with Crippen LogP contribution in [0.1, 0.15) is 67.2 Å². The van der Waals surface area contributed by atoms with E-state index >= 15 is 0 Å². The number of rotatable bonds is 6. The van der Waals surface area contributed by atoms with Crippen LogP contribution in [-0.4, -0.2) is 58.1 Å². The van der Waals surface area contributed by atoms with Crippen LogP contribution < -0.4 is 9.26 Å². The summed E-state index contributed by atoms with van der Waals surface area (Å²) >= 11 is 0. The molecule has 230 valence electrons. The van der Waals surface area contributed by atoms with Gasteiger partial charge in [-0.3, -0.25) is 14.2 Å². The molecule has 1 saturated heterocycles. The molecule has 2 aliphatic heterocycles.